The maximum Gasteiger partial charge on any atom is 0.535 e. The zero-order chi connectivity index (χ0) is 11.5. The first-order chi connectivity index (χ1) is 7.70. The van der Waals surface area contributed by atoms with E-state index in [1.165, 1.54) is 0 Å². The monoisotopic (exact) mass is 241 g/mol. The molecule has 6 nitrogen and oxygen atoms in total. The quantitative estimate of drug-likeness (QED) is 0.591. The van der Waals surface area contributed by atoms with Gasteiger partial charge in [0.2, 0.25) is 0 Å². The second kappa shape index (κ2) is 4.36. The first-order valence-electron chi connectivity index (χ1n) is 4.56. The molecule has 0 aliphatic rings. The SMILES string of the molecule is CCOC(=O)On1nnc2ccc(Cl)cc21. The molecule has 84 valence electrons. The number of carbonyl (C=O) groups is 1. The molecule has 0 bridgehead atoms. The average Bonchev–Trinajstić information content (AvgIpc) is 2.61. The molecule has 0 unspecified atom stereocenters. The minimum atomic E-state index is -0.839. The third-order valence-electron chi connectivity index (χ3n) is 1.80. The number of nitrogens with zero attached hydrogens (tertiary/aromatic N) is 3. The third-order valence-corrected chi connectivity index (χ3v) is 2.04. The van der Waals surface area contributed by atoms with E-state index in [1.54, 1.807) is 25.1 Å². The Balaban J connectivity index is 2.30. The van der Waals surface area contributed by atoms with Gasteiger partial charge >= 0.3 is 6.16 Å². The van der Waals surface area contributed by atoms with Crippen molar-refractivity contribution < 1.29 is 14.4 Å². The van der Waals surface area contributed by atoms with Gasteiger partial charge in [0, 0.05) is 5.02 Å². The van der Waals surface area contributed by atoms with Gasteiger partial charge < -0.3 is 4.74 Å². The summed E-state index contributed by atoms with van der Waals surface area (Å²) in [5.41, 5.74) is 1.08. The lowest BCUT2D eigenvalue weighted by Gasteiger charge is -2.02. The highest BCUT2D eigenvalue weighted by Gasteiger charge is 2.10. The Morgan fingerprint density at radius 1 is 1.56 bits per heavy atom. The first kappa shape index (κ1) is 10.7. The highest BCUT2D eigenvalue weighted by atomic mass is 35.5. The molecule has 0 spiro atoms. The number of ether oxygens (including phenoxy) is 1. The van der Waals surface area contributed by atoms with Gasteiger partial charge in [-0.1, -0.05) is 16.4 Å². The van der Waals surface area contributed by atoms with Crippen molar-refractivity contribution in [2.24, 2.45) is 0 Å². The normalized spacial score (nSPS) is 10.4. The molecule has 0 saturated heterocycles. The first-order valence-corrected chi connectivity index (χ1v) is 4.94. The predicted molar refractivity (Wildman–Crippen MR) is 56.1 cm³/mol. The Hall–Kier alpha value is -1.82. The van der Waals surface area contributed by atoms with Gasteiger partial charge in [-0.15, -0.1) is 5.10 Å². The summed E-state index contributed by atoms with van der Waals surface area (Å²) in [4.78, 5) is 16.8. The maximum absolute atomic E-state index is 11.1. The smallest absolute Gasteiger partial charge is 0.433 e. The molecule has 0 radical (unpaired) electrons. The van der Waals surface area contributed by atoms with Crippen LogP contribution in [0.1, 0.15) is 6.92 Å². The Labute approximate surface area is 95.6 Å². The van der Waals surface area contributed by atoms with Crippen LogP contribution < -0.4 is 4.84 Å². The number of benzene rings is 1. The van der Waals surface area contributed by atoms with E-state index in [2.05, 4.69) is 15.0 Å². The van der Waals surface area contributed by atoms with Crippen LogP contribution in [-0.2, 0) is 4.74 Å². The van der Waals surface area contributed by atoms with Crippen LogP contribution in [0.4, 0.5) is 4.79 Å². The lowest BCUT2D eigenvalue weighted by atomic mass is 10.3. The van der Waals surface area contributed by atoms with Gasteiger partial charge in [0.05, 0.1) is 6.61 Å². The van der Waals surface area contributed by atoms with Crippen LogP contribution in [0.3, 0.4) is 0 Å². The predicted octanol–water partition coefficient (Wildman–Crippen LogP) is 1.67. The molecular formula is C9H8ClN3O3. The minimum absolute atomic E-state index is 0.228. The van der Waals surface area contributed by atoms with Gasteiger partial charge in [-0.2, -0.15) is 0 Å². The van der Waals surface area contributed by atoms with Crippen molar-refractivity contribution in [1.29, 1.82) is 0 Å². The maximum atomic E-state index is 11.1. The zero-order valence-corrected chi connectivity index (χ0v) is 9.14. The lowest BCUT2D eigenvalue weighted by Crippen LogP contribution is -2.21. The number of halogens is 1. The molecular weight excluding hydrogens is 234 g/mol. The summed E-state index contributed by atoms with van der Waals surface area (Å²) in [6.45, 7) is 1.91. The lowest BCUT2D eigenvalue weighted by molar-refractivity contribution is 0.0428. The van der Waals surface area contributed by atoms with Gasteiger partial charge in [0.25, 0.3) is 0 Å². The largest absolute Gasteiger partial charge is 0.535 e. The molecule has 16 heavy (non-hydrogen) atoms. The number of hydrogen-bond acceptors (Lipinski definition) is 5. The van der Waals surface area contributed by atoms with Crippen LogP contribution in [-0.4, -0.2) is 27.9 Å². The number of fused-ring (bicyclic) bond motifs is 1. The highest BCUT2D eigenvalue weighted by Crippen LogP contribution is 2.16. The van der Waals surface area contributed by atoms with Crippen molar-refractivity contribution in [3.05, 3.63) is 23.2 Å². The zero-order valence-electron chi connectivity index (χ0n) is 8.38. The molecule has 1 aromatic carbocycles. The second-order valence-corrected chi connectivity index (χ2v) is 3.31. The minimum Gasteiger partial charge on any atom is -0.433 e. The van der Waals surface area contributed by atoms with Crippen molar-refractivity contribution in [3.8, 4) is 0 Å². The van der Waals surface area contributed by atoms with Gasteiger partial charge in [-0.3, -0.25) is 4.84 Å². The molecule has 0 amide bonds. The number of rotatable bonds is 2. The van der Waals surface area contributed by atoms with E-state index >= 15 is 0 Å². The van der Waals surface area contributed by atoms with Crippen molar-refractivity contribution in [2.45, 2.75) is 6.92 Å². The fourth-order valence-corrected chi connectivity index (χ4v) is 1.32. The van der Waals surface area contributed by atoms with E-state index < -0.39 is 6.16 Å². The van der Waals surface area contributed by atoms with Gasteiger partial charge in [-0.25, -0.2) is 4.79 Å². The highest BCUT2D eigenvalue weighted by molar-refractivity contribution is 6.31. The standard InChI is InChI=1S/C9H8ClN3O3/c1-2-15-9(14)16-13-8-5-6(10)3-4-7(8)11-12-13/h3-5H,2H2,1H3. The Morgan fingerprint density at radius 3 is 3.12 bits per heavy atom. The summed E-state index contributed by atoms with van der Waals surface area (Å²) < 4.78 is 4.61. The van der Waals surface area contributed by atoms with Crippen molar-refractivity contribution in [2.75, 3.05) is 6.61 Å². The van der Waals surface area contributed by atoms with Crippen LogP contribution in [0.15, 0.2) is 18.2 Å². The summed E-state index contributed by atoms with van der Waals surface area (Å²) in [5, 5.41) is 7.94. The van der Waals surface area contributed by atoms with Crippen LogP contribution in [0.25, 0.3) is 11.0 Å². The average molecular weight is 242 g/mol. The summed E-state index contributed by atoms with van der Waals surface area (Å²) in [6.07, 6.45) is -0.839. The Bertz CT molecular complexity index is 526. The van der Waals surface area contributed by atoms with E-state index in [1.807, 2.05) is 0 Å². The molecule has 2 rings (SSSR count). The van der Waals surface area contributed by atoms with Crippen LogP contribution in [0.5, 0.6) is 0 Å². The summed E-state index contributed by atoms with van der Waals surface area (Å²) in [7, 11) is 0. The number of carbonyl (C=O) groups excluding carboxylic acids is 1. The molecule has 0 aliphatic carbocycles. The third kappa shape index (κ3) is 2.06. The number of aromatic nitrogens is 3. The molecule has 2 aromatic rings. The molecule has 0 atom stereocenters. The second-order valence-electron chi connectivity index (χ2n) is 2.87. The van der Waals surface area contributed by atoms with E-state index in [9.17, 15) is 4.79 Å². The van der Waals surface area contributed by atoms with Gasteiger partial charge in [-0.05, 0) is 30.3 Å². The van der Waals surface area contributed by atoms with Crippen molar-refractivity contribution >= 4 is 28.8 Å². The van der Waals surface area contributed by atoms with Crippen LogP contribution in [0, 0.1) is 0 Å². The summed E-state index contributed by atoms with van der Waals surface area (Å²) in [5.74, 6) is 0. The van der Waals surface area contributed by atoms with Gasteiger partial charge in [0.15, 0.2) is 0 Å². The summed E-state index contributed by atoms with van der Waals surface area (Å²) >= 11 is 5.80. The topological polar surface area (TPSA) is 66.2 Å². The molecule has 7 heteroatoms. The van der Waals surface area contributed by atoms with Crippen molar-refractivity contribution in [1.82, 2.24) is 15.2 Å². The molecule has 0 N–H and O–H groups in total. The molecule has 0 saturated carbocycles. The Morgan fingerprint density at radius 2 is 2.38 bits per heavy atom. The fraction of sp³-hybridized carbons (Fsp3) is 0.222. The molecule has 1 aromatic heterocycles. The van der Waals surface area contributed by atoms with Gasteiger partial charge in [0.1, 0.15) is 11.0 Å². The molecule has 1 heterocycles. The van der Waals surface area contributed by atoms with E-state index in [-0.39, 0.29) is 6.61 Å². The summed E-state index contributed by atoms with van der Waals surface area (Å²) in [6, 6.07) is 4.94. The molecule has 0 fully saturated rings. The van der Waals surface area contributed by atoms with E-state index in [4.69, 9.17) is 16.4 Å². The Kier molecular flexibility index (Phi) is 2.91. The van der Waals surface area contributed by atoms with E-state index in [0.29, 0.717) is 16.1 Å². The van der Waals surface area contributed by atoms with Crippen molar-refractivity contribution in [3.63, 3.8) is 0 Å². The van der Waals surface area contributed by atoms with E-state index in [0.717, 1.165) is 4.85 Å². The van der Waals surface area contributed by atoms with Crippen LogP contribution in [0.2, 0.25) is 5.02 Å². The number of hydrogen-bond donors (Lipinski definition) is 0. The fourth-order valence-electron chi connectivity index (χ4n) is 1.15. The molecule has 0 aliphatic heterocycles. The van der Waals surface area contributed by atoms with Crippen LogP contribution >= 0.6 is 11.6 Å².